The van der Waals surface area contributed by atoms with Gasteiger partial charge in [-0.3, -0.25) is 9.52 Å². The van der Waals surface area contributed by atoms with E-state index < -0.39 is 16.1 Å². The minimum Gasteiger partial charge on any atom is -0.389 e. The lowest BCUT2D eigenvalue weighted by Gasteiger charge is -2.36. The van der Waals surface area contributed by atoms with E-state index in [1.807, 2.05) is 24.3 Å². The van der Waals surface area contributed by atoms with E-state index in [9.17, 15) is 18.3 Å². The Morgan fingerprint density at radius 3 is 2.69 bits per heavy atom. The molecule has 182 valence electrons. The van der Waals surface area contributed by atoms with Gasteiger partial charge in [0, 0.05) is 35.0 Å². The van der Waals surface area contributed by atoms with Crippen LogP contribution < -0.4 is 10.0 Å². The molecule has 7 nitrogen and oxygen atoms in total. The van der Waals surface area contributed by atoms with Gasteiger partial charge in [0.2, 0.25) is 0 Å². The van der Waals surface area contributed by atoms with Crippen LogP contribution in [0.2, 0.25) is 0 Å². The van der Waals surface area contributed by atoms with Crippen LogP contribution in [-0.4, -0.2) is 25.9 Å². The molecular formula is C27H28N2O5S. The lowest BCUT2D eigenvalue weighted by atomic mass is 9.80. The highest BCUT2D eigenvalue weighted by Crippen LogP contribution is 2.50. The minimum atomic E-state index is -3.85. The van der Waals surface area contributed by atoms with Crippen molar-refractivity contribution in [1.29, 1.82) is 0 Å². The third-order valence-electron chi connectivity index (χ3n) is 6.79. The molecule has 1 saturated heterocycles. The molecule has 0 bridgehead atoms. The van der Waals surface area contributed by atoms with Gasteiger partial charge in [-0.2, -0.15) is 0 Å². The Morgan fingerprint density at radius 2 is 1.91 bits per heavy atom. The van der Waals surface area contributed by atoms with Crippen molar-refractivity contribution in [2.24, 2.45) is 5.92 Å². The van der Waals surface area contributed by atoms with E-state index in [1.165, 1.54) is 0 Å². The molecule has 2 aliphatic heterocycles. The number of ether oxygens (including phenoxy) is 1. The number of sulfonamides is 1. The zero-order chi connectivity index (χ0) is 24.7. The minimum absolute atomic E-state index is 0.0172. The third-order valence-corrected chi connectivity index (χ3v) is 8.17. The Bertz CT molecular complexity index is 1390. The third kappa shape index (κ3) is 4.57. The maximum atomic E-state index is 13.2. The molecule has 0 aromatic heterocycles. The van der Waals surface area contributed by atoms with Crippen LogP contribution in [0.15, 0.2) is 71.6 Å². The van der Waals surface area contributed by atoms with Gasteiger partial charge in [-0.05, 0) is 67.8 Å². The molecule has 0 radical (unpaired) electrons. The number of carbonyl (C=O) groups is 1. The summed E-state index contributed by atoms with van der Waals surface area (Å²) in [5.74, 6) is 0.127. The predicted octanol–water partition coefficient (Wildman–Crippen LogP) is 4.99. The highest BCUT2D eigenvalue weighted by Gasteiger charge is 2.42. The first-order chi connectivity index (χ1) is 16.7. The van der Waals surface area contributed by atoms with Gasteiger partial charge in [0.15, 0.2) is 5.78 Å². The number of fused-ring (bicyclic) bond motifs is 3. The van der Waals surface area contributed by atoms with Gasteiger partial charge in [-0.15, -0.1) is 0 Å². The van der Waals surface area contributed by atoms with Crippen LogP contribution in [-0.2, 0) is 14.8 Å². The molecule has 2 unspecified atom stereocenters. The summed E-state index contributed by atoms with van der Waals surface area (Å²) in [5.41, 5.74) is 4.33. The van der Waals surface area contributed by atoms with Gasteiger partial charge in [0.1, 0.15) is 0 Å². The van der Waals surface area contributed by atoms with Gasteiger partial charge in [0.05, 0.1) is 23.1 Å². The molecule has 1 fully saturated rings. The van der Waals surface area contributed by atoms with Crippen LogP contribution in [0.1, 0.15) is 65.6 Å². The van der Waals surface area contributed by atoms with E-state index in [2.05, 4.69) is 10.0 Å². The molecule has 0 amide bonds. The molecule has 8 heteroatoms. The maximum absolute atomic E-state index is 13.2. The van der Waals surface area contributed by atoms with Gasteiger partial charge in [-0.1, -0.05) is 30.3 Å². The van der Waals surface area contributed by atoms with Gasteiger partial charge < -0.3 is 15.2 Å². The molecule has 5 rings (SSSR count). The Morgan fingerprint density at radius 1 is 1.11 bits per heavy atom. The van der Waals surface area contributed by atoms with Crippen molar-refractivity contribution < 1.29 is 23.1 Å². The summed E-state index contributed by atoms with van der Waals surface area (Å²) in [5, 5.41) is 13.4. The normalized spacial score (nSPS) is 22.0. The topological polar surface area (TPSA) is 105 Å². The lowest BCUT2D eigenvalue weighted by molar-refractivity contribution is 0.0827. The molecule has 2 aliphatic rings. The van der Waals surface area contributed by atoms with Crippen LogP contribution in [0.5, 0.6) is 0 Å². The van der Waals surface area contributed by atoms with Crippen molar-refractivity contribution in [2.45, 2.75) is 43.4 Å². The second-order valence-electron chi connectivity index (χ2n) is 9.20. The van der Waals surface area contributed by atoms with Crippen LogP contribution in [0.3, 0.4) is 0 Å². The highest BCUT2D eigenvalue weighted by atomic mass is 32.2. The van der Waals surface area contributed by atoms with E-state index in [-0.39, 0.29) is 28.7 Å². The van der Waals surface area contributed by atoms with Crippen molar-refractivity contribution in [3.63, 3.8) is 0 Å². The zero-order valence-corrected chi connectivity index (χ0v) is 20.4. The first-order valence-electron chi connectivity index (χ1n) is 11.7. The number of aliphatic hydroxyl groups excluding tert-OH is 1. The number of hydrogen-bond donors (Lipinski definition) is 3. The number of nitrogens with one attached hydrogen (secondary N) is 2. The quantitative estimate of drug-likeness (QED) is 0.419. The molecule has 3 aromatic rings. The number of ketones is 1. The van der Waals surface area contributed by atoms with E-state index in [0.29, 0.717) is 23.4 Å². The summed E-state index contributed by atoms with van der Waals surface area (Å²) >= 11 is 0. The van der Waals surface area contributed by atoms with Gasteiger partial charge in [0.25, 0.3) is 10.0 Å². The summed E-state index contributed by atoms with van der Waals surface area (Å²) in [7, 11) is -3.85. The molecule has 2 heterocycles. The molecule has 3 N–H and O–H groups in total. The summed E-state index contributed by atoms with van der Waals surface area (Å²) in [6, 6.07) is 19.3. The summed E-state index contributed by atoms with van der Waals surface area (Å²) in [4.78, 5) is 12.0. The fraction of sp³-hybridized carbons (Fsp3) is 0.296. The number of aliphatic hydroxyl groups is 1. The van der Waals surface area contributed by atoms with Crippen molar-refractivity contribution in [3.05, 3.63) is 89.0 Å². The van der Waals surface area contributed by atoms with Gasteiger partial charge >= 0.3 is 0 Å². The lowest BCUT2D eigenvalue weighted by Crippen LogP contribution is -2.29. The SMILES string of the molecule is CC(=O)c1cccc(C2Nc3ccc(S(=O)(=O)Nc4cccc(C(C)O)c4)cc3[C@H]3OCC[C@@H]23)c1. The van der Waals surface area contributed by atoms with Crippen molar-refractivity contribution >= 4 is 27.2 Å². The molecule has 3 aromatic carbocycles. The zero-order valence-electron chi connectivity index (χ0n) is 19.6. The Balaban J connectivity index is 1.46. The molecule has 4 atom stereocenters. The first kappa shape index (κ1) is 23.5. The number of hydrogen-bond acceptors (Lipinski definition) is 6. The smallest absolute Gasteiger partial charge is 0.261 e. The molecule has 0 spiro atoms. The molecule has 35 heavy (non-hydrogen) atoms. The Hall–Kier alpha value is -3.20. The summed E-state index contributed by atoms with van der Waals surface area (Å²) in [6.07, 6.45) is -0.117. The average Bonchev–Trinajstić information content (AvgIpc) is 3.33. The van der Waals surface area contributed by atoms with Gasteiger partial charge in [-0.25, -0.2) is 8.42 Å². The summed E-state index contributed by atoms with van der Waals surface area (Å²) < 4.78 is 35.1. The monoisotopic (exact) mass is 492 g/mol. The maximum Gasteiger partial charge on any atom is 0.261 e. The highest BCUT2D eigenvalue weighted by molar-refractivity contribution is 7.92. The molecule has 0 saturated carbocycles. The average molecular weight is 493 g/mol. The van der Waals surface area contributed by atoms with Crippen molar-refractivity contribution in [3.8, 4) is 0 Å². The number of Topliss-reactive ketones (excluding diaryl/α,β-unsaturated/α-hetero) is 1. The number of anilines is 2. The second-order valence-corrected chi connectivity index (χ2v) is 10.9. The van der Waals surface area contributed by atoms with E-state index in [0.717, 1.165) is 23.2 Å². The van der Waals surface area contributed by atoms with Crippen LogP contribution in [0, 0.1) is 5.92 Å². The predicted molar refractivity (Wildman–Crippen MR) is 134 cm³/mol. The summed E-state index contributed by atoms with van der Waals surface area (Å²) in [6.45, 7) is 3.77. The number of rotatable bonds is 6. The van der Waals surface area contributed by atoms with Crippen LogP contribution >= 0.6 is 0 Å². The van der Waals surface area contributed by atoms with Crippen LogP contribution in [0.25, 0.3) is 0 Å². The Labute approximate surface area is 205 Å². The van der Waals surface area contributed by atoms with E-state index >= 15 is 0 Å². The van der Waals surface area contributed by atoms with E-state index in [1.54, 1.807) is 56.3 Å². The fourth-order valence-corrected chi connectivity index (χ4v) is 6.06. The second kappa shape index (κ2) is 9.11. The van der Waals surface area contributed by atoms with Crippen molar-refractivity contribution in [1.82, 2.24) is 0 Å². The Kier molecular flexibility index (Phi) is 6.13. The molecule has 0 aliphatic carbocycles. The number of benzene rings is 3. The largest absolute Gasteiger partial charge is 0.389 e. The molecular weight excluding hydrogens is 464 g/mol. The van der Waals surface area contributed by atoms with Crippen molar-refractivity contribution in [2.75, 3.05) is 16.6 Å². The van der Waals surface area contributed by atoms with Crippen LogP contribution in [0.4, 0.5) is 11.4 Å². The fourth-order valence-electron chi connectivity index (χ4n) is 4.98. The van der Waals surface area contributed by atoms with E-state index in [4.69, 9.17) is 4.74 Å². The standard InChI is InChI=1S/C27H28N2O5S/c1-16(30)18-5-3-7-20(13-18)26-23-11-12-34-27(23)24-15-22(9-10-25(24)28-26)35(32,33)29-21-8-4-6-19(14-21)17(2)31/h3-10,13-15,17,23,26-29,31H,11-12H2,1-2H3/t17?,23-,26?,27-/m0/s1. The first-order valence-corrected chi connectivity index (χ1v) is 13.1. The number of carbonyl (C=O) groups excluding carboxylic acids is 1.